The van der Waals surface area contributed by atoms with E-state index in [0.29, 0.717) is 17.9 Å². The van der Waals surface area contributed by atoms with Crippen LogP contribution in [0.5, 0.6) is 5.75 Å². The summed E-state index contributed by atoms with van der Waals surface area (Å²) < 4.78 is 14.8. The lowest BCUT2D eigenvalue weighted by atomic mass is 9.78. The van der Waals surface area contributed by atoms with E-state index in [-0.39, 0.29) is 21.4 Å². The Balaban J connectivity index is 2.57. The number of ether oxygens (including phenoxy) is 3. The number of carbonyl (C=O) groups excluding carboxylic acids is 3. The molecule has 0 saturated carbocycles. The number of carbonyl (C=O) groups is 3. The average molecular weight is 439 g/mol. The predicted octanol–water partition coefficient (Wildman–Crippen LogP) is 2.38. The number of amides is 1. The number of esters is 2. The van der Waals surface area contributed by atoms with E-state index in [2.05, 4.69) is 10.1 Å². The molecule has 0 aliphatic carbocycles. The van der Waals surface area contributed by atoms with Crippen molar-refractivity contribution in [1.29, 1.82) is 5.26 Å². The first-order valence-corrected chi connectivity index (χ1v) is 9.89. The maximum absolute atomic E-state index is 12.7. The summed E-state index contributed by atoms with van der Waals surface area (Å²) in [6.07, 6.45) is 0. The standard InChI is InChI=1S/C19H19ClN2O6S/c1-4-28-13-6-5-10(7-12(13)20)15-11(8-21)18(29-9-14(23)26-2)22-17(24)16(15)19(25)27-3/h5-7,15-16H,4,9H2,1-3H3,(H,22,24)/t15-,16+/m1/s1. The second kappa shape index (κ2) is 10.2. The van der Waals surface area contributed by atoms with E-state index in [4.69, 9.17) is 21.1 Å². The highest BCUT2D eigenvalue weighted by molar-refractivity contribution is 8.03. The summed E-state index contributed by atoms with van der Waals surface area (Å²) in [5.74, 6) is -3.85. The van der Waals surface area contributed by atoms with Gasteiger partial charge in [-0.3, -0.25) is 14.4 Å². The molecule has 10 heteroatoms. The Morgan fingerprint density at radius 1 is 1.31 bits per heavy atom. The Hall–Kier alpha value is -2.70. The normalized spacial score (nSPS) is 18.5. The molecule has 1 heterocycles. The number of nitrogens with one attached hydrogen (secondary N) is 1. The molecule has 0 saturated heterocycles. The van der Waals surface area contributed by atoms with Crippen LogP contribution >= 0.6 is 23.4 Å². The third kappa shape index (κ3) is 5.02. The van der Waals surface area contributed by atoms with Crippen molar-refractivity contribution < 1.29 is 28.6 Å². The Bertz CT molecular complexity index is 895. The molecule has 8 nitrogen and oxygen atoms in total. The quantitative estimate of drug-likeness (QED) is 0.509. The van der Waals surface area contributed by atoms with E-state index in [0.717, 1.165) is 18.9 Å². The molecule has 2 atom stereocenters. The summed E-state index contributed by atoms with van der Waals surface area (Å²) in [6, 6.07) is 6.83. The largest absolute Gasteiger partial charge is 0.492 e. The van der Waals surface area contributed by atoms with Gasteiger partial charge in [-0.05, 0) is 24.6 Å². The molecule has 0 bridgehead atoms. The van der Waals surface area contributed by atoms with Crippen LogP contribution in [0.15, 0.2) is 28.8 Å². The molecule has 0 unspecified atom stereocenters. The molecular weight excluding hydrogens is 420 g/mol. The molecule has 0 spiro atoms. The molecule has 154 valence electrons. The zero-order valence-corrected chi connectivity index (χ0v) is 17.6. The van der Waals surface area contributed by atoms with Gasteiger partial charge in [0.1, 0.15) is 11.7 Å². The van der Waals surface area contributed by atoms with Crippen molar-refractivity contribution in [2.24, 2.45) is 5.92 Å². The second-order valence-corrected chi connectivity index (χ2v) is 7.20. The van der Waals surface area contributed by atoms with Crippen molar-refractivity contribution in [3.05, 3.63) is 39.4 Å². The van der Waals surface area contributed by atoms with Crippen LogP contribution in [-0.4, -0.2) is 44.4 Å². The summed E-state index contributed by atoms with van der Waals surface area (Å²) >= 11 is 7.21. The van der Waals surface area contributed by atoms with Crippen LogP contribution in [0.1, 0.15) is 18.4 Å². The monoisotopic (exact) mass is 438 g/mol. The van der Waals surface area contributed by atoms with Gasteiger partial charge >= 0.3 is 11.9 Å². The predicted molar refractivity (Wildman–Crippen MR) is 106 cm³/mol. The molecular formula is C19H19ClN2O6S. The lowest BCUT2D eigenvalue weighted by molar-refractivity contribution is -0.150. The highest BCUT2D eigenvalue weighted by atomic mass is 35.5. The van der Waals surface area contributed by atoms with Gasteiger partial charge in [-0.25, -0.2) is 0 Å². The van der Waals surface area contributed by atoms with Crippen LogP contribution in [0.2, 0.25) is 5.02 Å². The topological polar surface area (TPSA) is 115 Å². The zero-order valence-electron chi connectivity index (χ0n) is 16.0. The van der Waals surface area contributed by atoms with Gasteiger partial charge in [-0.2, -0.15) is 5.26 Å². The van der Waals surface area contributed by atoms with Gasteiger partial charge in [-0.1, -0.05) is 29.4 Å². The minimum absolute atomic E-state index is 0.114. The first-order valence-electron chi connectivity index (χ1n) is 8.52. The van der Waals surface area contributed by atoms with E-state index in [1.807, 2.05) is 13.0 Å². The second-order valence-electron chi connectivity index (χ2n) is 5.81. The van der Waals surface area contributed by atoms with Gasteiger partial charge in [0.05, 0.1) is 48.3 Å². The Morgan fingerprint density at radius 2 is 2.03 bits per heavy atom. The molecule has 1 amide bonds. The van der Waals surface area contributed by atoms with Gasteiger partial charge in [0.2, 0.25) is 5.91 Å². The lowest BCUT2D eigenvalue weighted by Crippen LogP contribution is -2.44. The maximum Gasteiger partial charge on any atom is 0.319 e. The molecule has 1 aliphatic heterocycles. The highest BCUT2D eigenvalue weighted by Gasteiger charge is 2.44. The number of nitrogens with zero attached hydrogens (tertiary/aromatic N) is 1. The van der Waals surface area contributed by atoms with Gasteiger partial charge in [0.25, 0.3) is 0 Å². The van der Waals surface area contributed by atoms with Crippen molar-refractivity contribution >= 4 is 41.2 Å². The number of hydrogen-bond donors (Lipinski definition) is 1. The Labute approximate surface area is 177 Å². The summed E-state index contributed by atoms with van der Waals surface area (Å²) in [5.41, 5.74) is 0.588. The van der Waals surface area contributed by atoms with Gasteiger partial charge < -0.3 is 19.5 Å². The van der Waals surface area contributed by atoms with Crippen LogP contribution in [0.25, 0.3) is 0 Å². The number of rotatable bonds is 7. The number of hydrogen-bond acceptors (Lipinski definition) is 8. The third-order valence-electron chi connectivity index (χ3n) is 4.16. The molecule has 1 aromatic carbocycles. The number of allylic oxidation sites excluding steroid dienone is 1. The molecule has 0 radical (unpaired) electrons. The Morgan fingerprint density at radius 3 is 2.59 bits per heavy atom. The van der Waals surface area contributed by atoms with Crippen molar-refractivity contribution in [1.82, 2.24) is 5.32 Å². The molecule has 1 aliphatic rings. The number of halogens is 1. The maximum atomic E-state index is 12.7. The number of thioether (sulfide) groups is 1. The summed E-state index contributed by atoms with van der Waals surface area (Å²) in [4.78, 5) is 36.5. The third-order valence-corrected chi connectivity index (χ3v) is 5.45. The molecule has 2 rings (SSSR count). The fraction of sp³-hybridized carbons (Fsp3) is 0.368. The van der Waals surface area contributed by atoms with E-state index in [1.54, 1.807) is 18.2 Å². The van der Waals surface area contributed by atoms with Crippen molar-refractivity contribution in [2.75, 3.05) is 26.6 Å². The van der Waals surface area contributed by atoms with E-state index in [9.17, 15) is 19.6 Å². The minimum atomic E-state index is -1.29. The summed E-state index contributed by atoms with van der Waals surface area (Å²) in [7, 11) is 2.40. The Kier molecular flexibility index (Phi) is 7.93. The van der Waals surface area contributed by atoms with Crippen molar-refractivity contribution in [3.63, 3.8) is 0 Å². The van der Waals surface area contributed by atoms with Crippen LogP contribution in [0.4, 0.5) is 0 Å². The average Bonchev–Trinajstić information content (AvgIpc) is 2.72. The highest BCUT2D eigenvalue weighted by Crippen LogP contribution is 2.42. The van der Waals surface area contributed by atoms with Crippen LogP contribution in [-0.2, 0) is 23.9 Å². The first-order chi connectivity index (χ1) is 13.9. The molecule has 0 aromatic heterocycles. The first kappa shape index (κ1) is 22.6. The SMILES string of the molecule is CCOc1ccc([C@@H]2C(C#N)=C(SCC(=O)OC)NC(=O)[C@H]2C(=O)OC)cc1Cl. The van der Waals surface area contributed by atoms with E-state index >= 15 is 0 Å². The van der Waals surface area contributed by atoms with Crippen molar-refractivity contribution in [2.45, 2.75) is 12.8 Å². The van der Waals surface area contributed by atoms with Crippen molar-refractivity contribution in [3.8, 4) is 11.8 Å². The molecule has 29 heavy (non-hydrogen) atoms. The minimum Gasteiger partial charge on any atom is -0.492 e. The van der Waals surface area contributed by atoms with E-state index in [1.165, 1.54) is 7.11 Å². The van der Waals surface area contributed by atoms with Gasteiger partial charge in [0, 0.05) is 5.92 Å². The van der Waals surface area contributed by atoms with E-state index < -0.39 is 29.7 Å². The van der Waals surface area contributed by atoms with Crippen LogP contribution in [0.3, 0.4) is 0 Å². The fourth-order valence-electron chi connectivity index (χ4n) is 2.85. The van der Waals surface area contributed by atoms with Gasteiger partial charge in [-0.15, -0.1) is 0 Å². The summed E-state index contributed by atoms with van der Waals surface area (Å²) in [6.45, 7) is 2.22. The van der Waals surface area contributed by atoms with Gasteiger partial charge in [0.15, 0.2) is 0 Å². The molecule has 1 aromatic rings. The molecule has 1 N–H and O–H groups in total. The summed E-state index contributed by atoms with van der Waals surface area (Å²) in [5, 5.41) is 12.8. The smallest absolute Gasteiger partial charge is 0.319 e. The number of benzene rings is 1. The fourth-order valence-corrected chi connectivity index (χ4v) is 3.98. The van der Waals surface area contributed by atoms with Crippen LogP contribution in [0, 0.1) is 17.2 Å². The molecule has 0 fully saturated rings. The number of nitriles is 1. The lowest BCUT2D eigenvalue weighted by Gasteiger charge is -2.31. The zero-order chi connectivity index (χ0) is 21.6. The van der Waals surface area contributed by atoms with Crippen LogP contribution < -0.4 is 10.1 Å². The number of methoxy groups -OCH3 is 2.